The molecule has 2 amide bonds. The molecule has 0 spiro atoms. The van der Waals surface area contributed by atoms with Gasteiger partial charge < -0.3 is 15.0 Å². The van der Waals surface area contributed by atoms with E-state index in [-0.39, 0.29) is 29.1 Å². The minimum atomic E-state index is -4.17. The number of hydrogen-bond acceptors (Lipinski definition) is 5. The minimum absolute atomic E-state index is 0.0121. The average molecular weight is 600 g/mol. The Bertz CT molecular complexity index is 1380. The highest BCUT2D eigenvalue weighted by molar-refractivity contribution is 7.92. The number of carbonyl (C=O) groups is 2. The molecule has 1 N–H and O–H groups in total. The normalized spacial score (nSPS) is 12.7. The molecule has 8 nitrogen and oxygen atoms in total. The molecule has 0 aliphatic carbocycles. The van der Waals surface area contributed by atoms with Crippen LogP contribution in [0.4, 0.5) is 5.69 Å². The average Bonchev–Trinajstić information content (AvgIpc) is 2.97. The van der Waals surface area contributed by atoms with E-state index < -0.39 is 28.5 Å². The zero-order valence-electron chi connectivity index (χ0n) is 23.9. The number of sulfonamides is 1. The van der Waals surface area contributed by atoms with Crippen LogP contribution in [0.5, 0.6) is 5.75 Å². The zero-order valence-corrected chi connectivity index (χ0v) is 25.5. The third-order valence-electron chi connectivity index (χ3n) is 6.77. The first-order valence-corrected chi connectivity index (χ1v) is 15.5. The lowest BCUT2D eigenvalue weighted by Crippen LogP contribution is -2.53. The lowest BCUT2D eigenvalue weighted by atomic mass is 10.1. The second kappa shape index (κ2) is 14.9. The molecule has 3 rings (SSSR count). The molecule has 0 aromatic heterocycles. The van der Waals surface area contributed by atoms with Crippen LogP contribution in [0.1, 0.15) is 39.7 Å². The maximum atomic E-state index is 13.9. The smallest absolute Gasteiger partial charge is 0.264 e. The Balaban J connectivity index is 1.98. The molecule has 3 aromatic carbocycles. The van der Waals surface area contributed by atoms with Crippen molar-refractivity contribution in [3.63, 3.8) is 0 Å². The van der Waals surface area contributed by atoms with E-state index in [0.717, 1.165) is 16.3 Å². The number of rotatable bonds is 14. The summed E-state index contributed by atoms with van der Waals surface area (Å²) in [6.45, 7) is 7.56. The fourth-order valence-electron chi connectivity index (χ4n) is 4.17. The molecular weight excluding hydrogens is 562 g/mol. The van der Waals surface area contributed by atoms with Crippen molar-refractivity contribution in [3.05, 3.63) is 89.4 Å². The van der Waals surface area contributed by atoms with E-state index in [4.69, 9.17) is 16.3 Å². The monoisotopic (exact) mass is 599 g/mol. The van der Waals surface area contributed by atoms with Crippen molar-refractivity contribution >= 4 is 39.1 Å². The van der Waals surface area contributed by atoms with Crippen LogP contribution in [-0.4, -0.2) is 56.9 Å². The van der Waals surface area contributed by atoms with Crippen LogP contribution in [-0.2, 0) is 26.0 Å². The van der Waals surface area contributed by atoms with Gasteiger partial charge in [-0.05, 0) is 87.7 Å². The molecule has 220 valence electrons. The Hall–Kier alpha value is -3.56. The van der Waals surface area contributed by atoms with Crippen molar-refractivity contribution < 1.29 is 22.7 Å². The van der Waals surface area contributed by atoms with Crippen molar-refractivity contribution in [1.82, 2.24) is 10.2 Å². The lowest BCUT2D eigenvalue weighted by molar-refractivity contribution is -0.139. The number of benzene rings is 3. The van der Waals surface area contributed by atoms with E-state index in [1.807, 2.05) is 51.1 Å². The molecule has 0 radical (unpaired) electrons. The minimum Gasteiger partial charge on any atom is -0.494 e. The summed E-state index contributed by atoms with van der Waals surface area (Å²) in [5.41, 5.74) is 1.29. The van der Waals surface area contributed by atoms with Gasteiger partial charge in [-0.1, -0.05) is 48.9 Å². The van der Waals surface area contributed by atoms with Gasteiger partial charge in [0.15, 0.2) is 0 Å². The number of nitrogens with zero attached hydrogens (tertiary/aromatic N) is 2. The number of anilines is 1. The molecule has 3 aromatic rings. The van der Waals surface area contributed by atoms with Gasteiger partial charge in [-0.3, -0.25) is 13.9 Å². The van der Waals surface area contributed by atoms with Gasteiger partial charge in [0.2, 0.25) is 11.8 Å². The fourth-order valence-corrected chi connectivity index (χ4v) is 5.71. The largest absolute Gasteiger partial charge is 0.494 e. The van der Waals surface area contributed by atoms with Gasteiger partial charge in [0.05, 0.1) is 17.2 Å². The quantitative estimate of drug-likeness (QED) is 0.271. The third kappa shape index (κ3) is 8.71. The van der Waals surface area contributed by atoms with Gasteiger partial charge in [0.1, 0.15) is 18.3 Å². The number of halogens is 1. The first-order valence-electron chi connectivity index (χ1n) is 13.7. The summed E-state index contributed by atoms with van der Waals surface area (Å²) < 4.78 is 34.3. The van der Waals surface area contributed by atoms with E-state index >= 15 is 0 Å². The summed E-state index contributed by atoms with van der Waals surface area (Å²) in [5, 5.41) is 3.33. The van der Waals surface area contributed by atoms with Crippen LogP contribution in [0.15, 0.2) is 83.8 Å². The summed E-state index contributed by atoms with van der Waals surface area (Å²) in [4.78, 5) is 28.5. The van der Waals surface area contributed by atoms with Gasteiger partial charge in [-0.25, -0.2) is 8.42 Å². The predicted octanol–water partition coefficient (Wildman–Crippen LogP) is 5.31. The molecule has 0 fully saturated rings. The first-order chi connectivity index (χ1) is 19.6. The van der Waals surface area contributed by atoms with Gasteiger partial charge in [-0.2, -0.15) is 0 Å². The molecule has 0 aliphatic heterocycles. The molecule has 0 unspecified atom stereocenters. The highest BCUT2D eigenvalue weighted by atomic mass is 35.5. The molecule has 2 atom stereocenters. The van der Waals surface area contributed by atoms with Gasteiger partial charge >= 0.3 is 0 Å². The topological polar surface area (TPSA) is 96.0 Å². The highest BCUT2D eigenvalue weighted by Crippen LogP contribution is 2.27. The third-order valence-corrected chi connectivity index (χ3v) is 8.81. The molecule has 10 heteroatoms. The van der Waals surface area contributed by atoms with Crippen LogP contribution in [0.25, 0.3) is 0 Å². The molecule has 0 saturated heterocycles. The Kier molecular flexibility index (Phi) is 11.6. The molecule has 0 heterocycles. The standard InChI is InChI=1S/C31H38ClN3O5S/c1-5-23(3)33-31(37)24(4)34(21-20-25-10-8-7-9-11-25)30(36)22-35(27-14-16-28(17-15-27)40-6-2)41(38,39)29-18-12-26(32)13-19-29/h7-19,23-24H,5-6,20-22H2,1-4H3,(H,33,37)/t23-,24+/m1/s1. The van der Waals surface area contributed by atoms with E-state index in [0.29, 0.717) is 23.8 Å². The van der Waals surface area contributed by atoms with Crippen molar-refractivity contribution in [2.75, 3.05) is 24.0 Å². The molecular formula is C31H38ClN3O5S. The maximum absolute atomic E-state index is 13.9. The van der Waals surface area contributed by atoms with Crippen molar-refractivity contribution in [2.45, 2.75) is 57.5 Å². The van der Waals surface area contributed by atoms with Crippen LogP contribution in [0.2, 0.25) is 5.02 Å². The Morgan fingerprint density at radius 2 is 1.56 bits per heavy atom. The van der Waals surface area contributed by atoms with Crippen LogP contribution in [0.3, 0.4) is 0 Å². The fraction of sp³-hybridized carbons (Fsp3) is 0.355. The van der Waals surface area contributed by atoms with Gasteiger partial charge in [-0.15, -0.1) is 0 Å². The van der Waals surface area contributed by atoms with E-state index in [1.54, 1.807) is 31.2 Å². The van der Waals surface area contributed by atoms with Gasteiger partial charge in [0, 0.05) is 17.6 Å². The zero-order chi connectivity index (χ0) is 30.0. The van der Waals surface area contributed by atoms with Crippen LogP contribution >= 0.6 is 11.6 Å². The van der Waals surface area contributed by atoms with E-state index in [9.17, 15) is 18.0 Å². The summed E-state index contributed by atoms with van der Waals surface area (Å²) >= 11 is 6.01. The van der Waals surface area contributed by atoms with E-state index in [1.165, 1.54) is 29.2 Å². The number of hydrogen-bond donors (Lipinski definition) is 1. The molecule has 0 bridgehead atoms. The summed E-state index contributed by atoms with van der Waals surface area (Å²) in [5.74, 6) is -0.223. The first kappa shape index (κ1) is 32.0. The number of nitrogens with one attached hydrogen (secondary N) is 1. The van der Waals surface area contributed by atoms with Crippen LogP contribution in [0, 0.1) is 0 Å². The maximum Gasteiger partial charge on any atom is 0.264 e. The van der Waals surface area contributed by atoms with E-state index in [2.05, 4.69) is 5.32 Å². The number of amides is 2. The Morgan fingerprint density at radius 1 is 0.927 bits per heavy atom. The molecule has 0 saturated carbocycles. The van der Waals surface area contributed by atoms with Crippen molar-refractivity contribution in [1.29, 1.82) is 0 Å². The van der Waals surface area contributed by atoms with Gasteiger partial charge in [0.25, 0.3) is 10.0 Å². The summed E-state index contributed by atoms with van der Waals surface area (Å²) in [6, 6.07) is 21.0. The lowest BCUT2D eigenvalue weighted by Gasteiger charge is -2.32. The second-order valence-corrected chi connectivity index (χ2v) is 12.0. The SMILES string of the molecule is CCOc1ccc(N(CC(=O)N(CCc2ccccc2)[C@@H](C)C(=O)N[C@H](C)CC)S(=O)(=O)c2ccc(Cl)cc2)cc1. The summed E-state index contributed by atoms with van der Waals surface area (Å²) in [6.07, 6.45) is 1.24. The Labute approximate surface area is 248 Å². The highest BCUT2D eigenvalue weighted by Gasteiger charge is 2.32. The Morgan fingerprint density at radius 3 is 2.15 bits per heavy atom. The summed E-state index contributed by atoms with van der Waals surface area (Å²) in [7, 11) is -4.17. The molecule has 0 aliphatic rings. The van der Waals surface area contributed by atoms with Crippen molar-refractivity contribution in [3.8, 4) is 5.75 Å². The second-order valence-electron chi connectivity index (χ2n) is 9.71. The molecule has 41 heavy (non-hydrogen) atoms. The predicted molar refractivity (Wildman–Crippen MR) is 163 cm³/mol. The van der Waals surface area contributed by atoms with Crippen molar-refractivity contribution in [2.24, 2.45) is 0 Å². The number of ether oxygens (including phenoxy) is 1. The number of carbonyl (C=O) groups excluding carboxylic acids is 2. The van der Waals surface area contributed by atoms with Crippen LogP contribution < -0.4 is 14.4 Å².